The van der Waals surface area contributed by atoms with Crippen LogP contribution in [0.3, 0.4) is 0 Å². The van der Waals surface area contributed by atoms with E-state index in [0.717, 1.165) is 12.8 Å². The largest absolute Gasteiger partial charge is 0.394 e. The van der Waals surface area contributed by atoms with Gasteiger partial charge < -0.3 is 16.2 Å². The van der Waals surface area contributed by atoms with E-state index in [9.17, 15) is 5.11 Å². The zero-order chi connectivity index (χ0) is 13.8. The molecule has 2 aromatic rings. The van der Waals surface area contributed by atoms with Gasteiger partial charge in [0.05, 0.1) is 17.8 Å². The van der Waals surface area contributed by atoms with E-state index in [1.807, 2.05) is 6.07 Å². The number of hydrogen-bond donors (Lipinski definition) is 3. The predicted octanol–water partition coefficient (Wildman–Crippen LogP) is 2.44. The van der Waals surface area contributed by atoms with Crippen LogP contribution < -0.4 is 11.1 Å². The van der Waals surface area contributed by atoms with Gasteiger partial charge >= 0.3 is 0 Å². The van der Waals surface area contributed by atoms with Gasteiger partial charge in [-0.3, -0.25) is 4.98 Å². The maximum absolute atomic E-state index is 9.38. The molecule has 0 aliphatic carbocycles. The standard InChI is InChI=1S/C13H17ClN4O/c1-2-4-8(7-19)17-12-10(14)13(15)18-9-5-3-6-16-11(9)12/h3,5-6,8,19H,2,4,7H2,1H3,(H3,15,17,18)/t8-/m0/s1. The van der Waals surface area contributed by atoms with Gasteiger partial charge in [0.25, 0.3) is 0 Å². The summed E-state index contributed by atoms with van der Waals surface area (Å²) >= 11 is 6.20. The first kappa shape index (κ1) is 13.8. The zero-order valence-electron chi connectivity index (χ0n) is 10.7. The number of rotatable bonds is 5. The Balaban J connectivity index is 2.48. The van der Waals surface area contributed by atoms with Gasteiger partial charge in [-0.15, -0.1) is 0 Å². The number of anilines is 2. The van der Waals surface area contributed by atoms with Gasteiger partial charge in [-0.1, -0.05) is 24.9 Å². The molecule has 0 saturated carbocycles. The second kappa shape index (κ2) is 6.04. The third kappa shape index (κ3) is 2.88. The number of halogens is 1. The number of aliphatic hydroxyl groups excluding tert-OH is 1. The number of nitrogen functional groups attached to an aromatic ring is 1. The van der Waals surface area contributed by atoms with Crippen LogP contribution in [0.2, 0.25) is 5.02 Å². The average Bonchev–Trinajstić information content (AvgIpc) is 2.42. The Morgan fingerprint density at radius 1 is 1.53 bits per heavy atom. The fourth-order valence-electron chi connectivity index (χ4n) is 1.98. The summed E-state index contributed by atoms with van der Waals surface area (Å²) in [5, 5.41) is 12.9. The minimum atomic E-state index is -0.0745. The van der Waals surface area contributed by atoms with Gasteiger partial charge in [0, 0.05) is 12.2 Å². The summed E-state index contributed by atoms with van der Waals surface area (Å²) in [4.78, 5) is 8.48. The first-order valence-corrected chi connectivity index (χ1v) is 6.62. The Labute approximate surface area is 116 Å². The summed E-state index contributed by atoms with van der Waals surface area (Å²) < 4.78 is 0. The molecule has 1 atom stereocenters. The molecule has 0 saturated heterocycles. The van der Waals surface area contributed by atoms with E-state index in [2.05, 4.69) is 22.2 Å². The molecule has 0 aromatic carbocycles. The van der Waals surface area contributed by atoms with E-state index >= 15 is 0 Å². The van der Waals surface area contributed by atoms with E-state index in [-0.39, 0.29) is 18.5 Å². The van der Waals surface area contributed by atoms with Crippen LogP contribution >= 0.6 is 11.6 Å². The van der Waals surface area contributed by atoms with Gasteiger partial charge in [-0.25, -0.2) is 4.98 Å². The number of aromatic nitrogens is 2. The molecule has 0 unspecified atom stereocenters. The summed E-state index contributed by atoms with van der Waals surface area (Å²) in [6, 6.07) is 3.55. The number of aliphatic hydroxyl groups is 1. The zero-order valence-corrected chi connectivity index (χ0v) is 11.5. The number of fused-ring (bicyclic) bond motifs is 1. The fourth-order valence-corrected chi connectivity index (χ4v) is 2.17. The molecule has 4 N–H and O–H groups in total. The van der Waals surface area contributed by atoms with Crippen molar-refractivity contribution in [3.05, 3.63) is 23.4 Å². The lowest BCUT2D eigenvalue weighted by Gasteiger charge is -2.19. The van der Waals surface area contributed by atoms with Gasteiger partial charge in [0.2, 0.25) is 0 Å². The second-order valence-corrected chi connectivity index (χ2v) is 4.75. The Morgan fingerprint density at radius 3 is 3.00 bits per heavy atom. The summed E-state index contributed by atoms with van der Waals surface area (Å²) in [5.41, 5.74) is 7.78. The summed E-state index contributed by atoms with van der Waals surface area (Å²) in [6.07, 6.45) is 3.47. The van der Waals surface area contributed by atoms with Crippen molar-refractivity contribution >= 4 is 34.1 Å². The van der Waals surface area contributed by atoms with Crippen LogP contribution in [-0.2, 0) is 0 Å². The maximum atomic E-state index is 9.38. The maximum Gasteiger partial charge on any atom is 0.145 e. The Kier molecular flexibility index (Phi) is 4.39. The first-order chi connectivity index (χ1) is 9.17. The van der Waals surface area contributed by atoms with Crippen LogP contribution in [0.1, 0.15) is 19.8 Å². The van der Waals surface area contributed by atoms with Crippen molar-refractivity contribution in [3.63, 3.8) is 0 Å². The summed E-state index contributed by atoms with van der Waals surface area (Å²) in [6.45, 7) is 2.09. The highest BCUT2D eigenvalue weighted by molar-refractivity contribution is 6.36. The van der Waals surface area contributed by atoms with E-state index in [0.29, 0.717) is 21.7 Å². The molecule has 2 aromatic heterocycles. The third-order valence-corrected chi connectivity index (χ3v) is 3.30. The molecule has 0 amide bonds. The molecule has 2 rings (SSSR count). The summed E-state index contributed by atoms with van der Waals surface area (Å²) in [5.74, 6) is 0.262. The van der Waals surface area contributed by atoms with Gasteiger partial charge in [-0.05, 0) is 18.6 Å². The van der Waals surface area contributed by atoms with Crippen molar-refractivity contribution in [3.8, 4) is 0 Å². The molecule has 5 nitrogen and oxygen atoms in total. The smallest absolute Gasteiger partial charge is 0.145 e. The van der Waals surface area contributed by atoms with E-state index < -0.39 is 0 Å². The molecule has 19 heavy (non-hydrogen) atoms. The van der Waals surface area contributed by atoms with Crippen LogP contribution in [0.5, 0.6) is 0 Å². The van der Waals surface area contributed by atoms with Crippen molar-refractivity contribution < 1.29 is 5.11 Å². The summed E-state index contributed by atoms with van der Waals surface area (Å²) in [7, 11) is 0. The van der Waals surface area contributed by atoms with Gasteiger partial charge in [0.15, 0.2) is 0 Å². The monoisotopic (exact) mass is 280 g/mol. The van der Waals surface area contributed by atoms with E-state index in [1.165, 1.54) is 0 Å². The van der Waals surface area contributed by atoms with Crippen LogP contribution in [0.4, 0.5) is 11.5 Å². The van der Waals surface area contributed by atoms with E-state index in [1.54, 1.807) is 12.3 Å². The quantitative estimate of drug-likeness (QED) is 0.783. The van der Waals surface area contributed by atoms with Crippen LogP contribution in [-0.4, -0.2) is 27.7 Å². The Bertz CT molecular complexity index is 576. The molecule has 0 spiro atoms. The highest BCUT2D eigenvalue weighted by Crippen LogP contribution is 2.33. The number of nitrogens with zero attached hydrogens (tertiary/aromatic N) is 2. The van der Waals surface area contributed by atoms with Crippen molar-refractivity contribution in [2.75, 3.05) is 17.7 Å². The third-order valence-electron chi connectivity index (χ3n) is 2.91. The normalized spacial score (nSPS) is 12.6. The molecule has 0 aliphatic heterocycles. The molecule has 0 aliphatic rings. The van der Waals surface area contributed by atoms with Gasteiger partial charge in [0.1, 0.15) is 16.4 Å². The van der Waals surface area contributed by atoms with Crippen molar-refractivity contribution in [2.24, 2.45) is 0 Å². The highest BCUT2D eigenvalue weighted by atomic mass is 35.5. The fraction of sp³-hybridized carbons (Fsp3) is 0.385. The Morgan fingerprint density at radius 2 is 2.32 bits per heavy atom. The predicted molar refractivity (Wildman–Crippen MR) is 78.4 cm³/mol. The molecular formula is C13H17ClN4O. The molecular weight excluding hydrogens is 264 g/mol. The van der Waals surface area contributed by atoms with Crippen molar-refractivity contribution in [1.29, 1.82) is 0 Å². The minimum absolute atomic E-state index is 0.0285. The van der Waals surface area contributed by atoms with Crippen molar-refractivity contribution in [2.45, 2.75) is 25.8 Å². The van der Waals surface area contributed by atoms with Crippen LogP contribution in [0, 0.1) is 0 Å². The lowest BCUT2D eigenvalue weighted by molar-refractivity contribution is 0.268. The van der Waals surface area contributed by atoms with Crippen molar-refractivity contribution in [1.82, 2.24) is 9.97 Å². The molecule has 0 bridgehead atoms. The number of nitrogens with two attached hydrogens (primary N) is 1. The van der Waals surface area contributed by atoms with Crippen LogP contribution in [0.25, 0.3) is 11.0 Å². The molecule has 102 valence electrons. The SMILES string of the molecule is CCC[C@@H](CO)Nc1c(Cl)c(N)nc2cccnc12. The van der Waals surface area contributed by atoms with Crippen LogP contribution in [0.15, 0.2) is 18.3 Å². The average molecular weight is 281 g/mol. The minimum Gasteiger partial charge on any atom is -0.394 e. The molecule has 0 radical (unpaired) electrons. The lowest BCUT2D eigenvalue weighted by atomic mass is 10.1. The number of nitrogens with one attached hydrogen (secondary N) is 1. The second-order valence-electron chi connectivity index (χ2n) is 4.37. The lowest BCUT2D eigenvalue weighted by Crippen LogP contribution is -2.24. The topological polar surface area (TPSA) is 84.1 Å². The Hall–Kier alpha value is -1.59. The molecule has 2 heterocycles. The molecule has 6 heteroatoms. The highest BCUT2D eigenvalue weighted by Gasteiger charge is 2.15. The number of hydrogen-bond acceptors (Lipinski definition) is 5. The number of pyridine rings is 2. The first-order valence-electron chi connectivity index (χ1n) is 6.24. The van der Waals surface area contributed by atoms with E-state index in [4.69, 9.17) is 17.3 Å². The van der Waals surface area contributed by atoms with Gasteiger partial charge in [-0.2, -0.15) is 0 Å². The molecule has 0 fully saturated rings.